The van der Waals surface area contributed by atoms with Crippen molar-refractivity contribution in [2.75, 3.05) is 13.2 Å². The average molecular weight is 573 g/mol. The molecule has 208 valence electrons. The van der Waals surface area contributed by atoms with Gasteiger partial charge in [0.05, 0.1) is 22.7 Å². The lowest BCUT2D eigenvalue weighted by molar-refractivity contribution is -0.137. The standard InChI is InChI=1S/C27H23F3N4O5S/c28-27(29,30)20-8-4-9-22(16-20)40(37,38)33-26(31)34-17-23(18-6-2-1-3-7-18)25(32-34)19-11-13-21(14-12-19)39-15-5-10-24(35)36/h1-14,16,23H,15,17H2,(H2,31,33)(H,35,36)/b10-5+. The summed E-state index contributed by atoms with van der Waals surface area (Å²) in [7, 11) is -4.57. The second-order valence-corrected chi connectivity index (χ2v) is 10.2. The zero-order valence-electron chi connectivity index (χ0n) is 20.7. The number of hydrogen-bond donors (Lipinski definition) is 2. The molecule has 0 amide bonds. The molecule has 9 nitrogen and oxygen atoms in total. The Kier molecular flexibility index (Phi) is 8.24. The van der Waals surface area contributed by atoms with Crippen LogP contribution in [0.25, 0.3) is 0 Å². The molecule has 1 atom stereocenters. The van der Waals surface area contributed by atoms with Gasteiger partial charge in [0.1, 0.15) is 12.4 Å². The molecule has 0 radical (unpaired) electrons. The molecule has 3 N–H and O–H groups in total. The van der Waals surface area contributed by atoms with E-state index in [2.05, 4.69) is 9.50 Å². The van der Waals surface area contributed by atoms with Crippen LogP contribution < -0.4 is 10.5 Å². The molecule has 1 unspecified atom stereocenters. The van der Waals surface area contributed by atoms with Gasteiger partial charge in [-0.2, -0.15) is 26.7 Å². The monoisotopic (exact) mass is 572 g/mol. The number of hydrogen-bond acceptors (Lipinski definition) is 5. The fourth-order valence-electron chi connectivity index (χ4n) is 3.92. The zero-order valence-corrected chi connectivity index (χ0v) is 21.5. The molecule has 1 aliphatic rings. The molecule has 3 aromatic rings. The molecule has 40 heavy (non-hydrogen) atoms. The summed E-state index contributed by atoms with van der Waals surface area (Å²) >= 11 is 0. The molecule has 0 saturated carbocycles. The highest BCUT2D eigenvalue weighted by atomic mass is 32.2. The van der Waals surface area contributed by atoms with E-state index in [0.717, 1.165) is 29.8 Å². The zero-order chi connectivity index (χ0) is 28.9. The Morgan fingerprint density at radius 3 is 2.45 bits per heavy atom. The van der Waals surface area contributed by atoms with Crippen LogP contribution in [0.3, 0.4) is 0 Å². The van der Waals surface area contributed by atoms with Crippen molar-refractivity contribution in [2.24, 2.45) is 15.2 Å². The van der Waals surface area contributed by atoms with E-state index in [-0.39, 0.29) is 19.1 Å². The van der Waals surface area contributed by atoms with Gasteiger partial charge in [0.25, 0.3) is 10.0 Å². The molecule has 3 aromatic carbocycles. The Labute approximate surface area is 227 Å². The van der Waals surface area contributed by atoms with Crippen LogP contribution in [0.2, 0.25) is 0 Å². The number of aliphatic carboxylic acids is 1. The minimum absolute atomic E-state index is 0.0559. The summed E-state index contributed by atoms with van der Waals surface area (Å²) in [6.07, 6.45) is -2.40. The van der Waals surface area contributed by atoms with E-state index < -0.39 is 38.6 Å². The molecule has 13 heteroatoms. The van der Waals surface area contributed by atoms with Crippen LogP contribution in [0, 0.1) is 0 Å². The highest BCUT2D eigenvalue weighted by Crippen LogP contribution is 2.32. The summed E-state index contributed by atoms with van der Waals surface area (Å²) in [6, 6.07) is 19.3. The van der Waals surface area contributed by atoms with E-state index in [1.54, 1.807) is 24.3 Å². The molecule has 0 aromatic heterocycles. The predicted octanol–water partition coefficient (Wildman–Crippen LogP) is 4.23. The van der Waals surface area contributed by atoms with Crippen LogP contribution in [0.1, 0.15) is 22.6 Å². The molecule has 0 fully saturated rings. The second-order valence-electron chi connectivity index (χ2n) is 8.56. The quantitative estimate of drug-likeness (QED) is 0.234. The van der Waals surface area contributed by atoms with Crippen molar-refractivity contribution in [3.8, 4) is 5.75 Å². The highest BCUT2D eigenvalue weighted by molar-refractivity contribution is 7.90. The molecule has 0 saturated heterocycles. The molecule has 4 rings (SSSR count). The van der Waals surface area contributed by atoms with Crippen molar-refractivity contribution >= 4 is 27.7 Å². The van der Waals surface area contributed by atoms with Gasteiger partial charge in [-0.05, 0) is 59.7 Å². The predicted molar refractivity (Wildman–Crippen MR) is 141 cm³/mol. The Balaban J connectivity index is 1.62. The number of sulfonamides is 1. The molecular weight excluding hydrogens is 549 g/mol. The van der Waals surface area contributed by atoms with E-state index in [0.29, 0.717) is 23.1 Å². The maximum absolute atomic E-state index is 13.1. The number of alkyl halides is 3. The van der Waals surface area contributed by atoms with E-state index in [4.69, 9.17) is 15.6 Å². The SMILES string of the molecule is N/C(=N\S(=O)(=O)c1cccc(C(F)(F)F)c1)N1CC(c2ccccc2)C(c2ccc(OC/C=C/C(=O)O)cc2)=N1. The van der Waals surface area contributed by atoms with Gasteiger partial charge in [0.2, 0.25) is 5.96 Å². The first kappa shape index (κ1) is 28.4. The molecule has 0 bridgehead atoms. The summed E-state index contributed by atoms with van der Waals surface area (Å²) in [5, 5.41) is 14.4. The van der Waals surface area contributed by atoms with E-state index in [9.17, 15) is 26.4 Å². The Bertz CT molecular complexity index is 1570. The topological polar surface area (TPSA) is 135 Å². The fraction of sp³-hybridized carbons (Fsp3) is 0.148. The van der Waals surface area contributed by atoms with Gasteiger partial charge in [0, 0.05) is 12.0 Å². The minimum atomic E-state index is -4.73. The van der Waals surface area contributed by atoms with Crippen molar-refractivity contribution in [1.29, 1.82) is 0 Å². The lowest BCUT2D eigenvalue weighted by Gasteiger charge is -2.16. The summed E-state index contributed by atoms with van der Waals surface area (Å²) in [4.78, 5) is 9.92. The largest absolute Gasteiger partial charge is 0.490 e. The van der Waals surface area contributed by atoms with Gasteiger partial charge >= 0.3 is 12.1 Å². The van der Waals surface area contributed by atoms with Gasteiger partial charge in [-0.3, -0.25) is 0 Å². The molecule has 0 aliphatic carbocycles. The van der Waals surface area contributed by atoms with Crippen molar-refractivity contribution in [2.45, 2.75) is 17.0 Å². The smallest absolute Gasteiger partial charge is 0.416 e. The number of nitrogens with two attached hydrogens (primary N) is 1. The van der Waals surface area contributed by atoms with Crippen LogP contribution in [0.5, 0.6) is 5.75 Å². The lowest BCUT2D eigenvalue weighted by atomic mass is 9.90. The van der Waals surface area contributed by atoms with Crippen LogP contribution in [0.15, 0.2) is 105 Å². The number of benzene rings is 3. The van der Waals surface area contributed by atoms with Crippen LogP contribution in [-0.2, 0) is 21.0 Å². The average Bonchev–Trinajstić information content (AvgIpc) is 3.37. The molecule has 0 spiro atoms. The van der Waals surface area contributed by atoms with Gasteiger partial charge in [0.15, 0.2) is 0 Å². The third-order valence-electron chi connectivity index (χ3n) is 5.81. The maximum Gasteiger partial charge on any atom is 0.416 e. The fourth-order valence-corrected chi connectivity index (χ4v) is 4.90. The molecular formula is C27H23F3N4O5S. The van der Waals surface area contributed by atoms with Crippen LogP contribution in [0.4, 0.5) is 13.2 Å². The van der Waals surface area contributed by atoms with Crippen molar-refractivity contribution < 1.29 is 36.2 Å². The van der Waals surface area contributed by atoms with E-state index in [1.807, 2.05) is 30.3 Å². The van der Waals surface area contributed by atoms with E-state index >= 15 is 0 Å². The van der Waals surface area contributed by atoms with Crippen LogP contribution >= 0.6 is 0 Å². The number of halogens is 3. The second kappa shape index (κ2) is 11.6. The molecule has 1 aliphatic heterocycles. The minimum Gasteiger partial charge on any atom is -0.490 e. The number of ether oxygens (including phenoxy) is 1. The van der Waals surface area contributed by atoms with Crippen molar-refractivity contribution in [1.82, 2.24) is 5.01 Å². The first-order valence-electron chi connectivity index (χ1n) is 11.8. The highest BCUT2D eigenvalue weighted by Gasteiger charge is 2.33. The number of guanidine groups is 1. The summed E-state index contributed by atoms with van der Waals surface area (Å²) in [5.41, 5.74) is 7.00. The number of carboxylic acids is 1. The number of nitrogens with zero attached hydrogens (tertiary/aromatic N) is 3. The third-order valence-corrected chi connectivity index (χ3v) is 7.09. The number of rotatable bonds is 8. The van der Waals surface area contributed by atoms with Gasteiger partial charge < -0.3 is 15.6 Å². The molecule has 1 heterocycles. The van der Waals surface area contributed by atoms with E-state index in [1.165, 1.54) is 11.1 Å². The summed E-state index contributed by atoms with van der Waals surface area (Å²) in [5.74, 6) is -1.44. The Morgan fingerprint density at radius 2 is 1.80 bits per heavy atom. The summed E-state index contributed by atoms with van der Waals surface area (Å²) in [6.45, 7) is 0.186. The van der Waals surface area contributed by atoms with Gasteiger partial charge in [-0.15, -0.1) is 4.40 Å². The summed E-state index contributed by atoms with van der Waals surface area (Å²) < 4.78 is 73.9. The van der Waals surface area contributed by atoms with Crippen molar-refractivity contribution in [3.63, 3.8) is 0 Å². The first-order chi connectivity index (χ1) is 18.9. The van der Waals surface area contributed by atoms with Gasteiger partial charge in [-0.1, -0.05) is 36.4 Å². The normalized spacial score (nSPS) is 16.3. The number of carbonyl (C=O) groups is 1. The lowest BCUT2D eigenvalue weighted by Crippen LogP contribution is -2.33. The number of carboxylic acid groups (broad SMARTS) is 1. The first-order valence-corrected chi connectivity index (χ1v) is 13.2. The third kappa shape index (κ3) is 6.86. The van der Waals surface area contributed by atoms with Crippen molar-refractivity contribution in [3.05, 3.63) is 108 Å². The maximum atomic E-state index is 13.1. The number of hydrazone groups is 1. The Morgan fingerprint density at radius 1 is 1.10 bits per heavy atom. The Hall–Kier alpha value is -4.65. The van der Waals surface area contributed by atoms with Gasteiger partial charge in [-0.25, -0.2) is 9.80 Å². The van der Waals surface area contributed by atoms with Crippen LogP contribution in [-0.4, -0.2) is 49.3 Å².